The minimum Gasteiger partial charge on any atom is -0.346 e. The summed E-state index contributed by atoms with van der Waals surface area (Å²) in [5, 5.41) is 7.11. The monoisotopic (exact) mass is 457 g/mol. The maximum atomic E-state index is 12.9. The van der Waals surface area contributed by atoms with Crippen molar-refractivity contribution in [3.63, 3.8) is 0 Å². The second kappa shape index (κ2) is 8.97. The number of benzene rings is 1. The van der Waals surface area contributed by atoms with Gasteiger partial charge in [-0.15, -0.1) is 0 Å². The van der Waals surface area contributed by atoms with Crippen LogP contribution < -0.4 is 5.32 Å². The summed E-state index contributed by atoms with van der Waals surface area (Å²) < 4.78 is 40.3. The van der Waals surface area contributed by atoms with Gasteiger partial charge in [0.25, 0.3) is 5.91 Å². The van der Waals surface area contributed by atoms with Gasteiger partial charge in [0.15, 0.2) is 0 Å². The Labute approximate surface area is 190 Å². The smallest absolute Gasteiger partial charge is 0.346 e. The summed E-state index contributed by atoms with van der Waals surface area (Å²) in [5.41, 5.74) is 3.27. The van der Waals surface area contributed by atoms with Crippen molar-refractivity contribution in [3.8, 4) is 0 Å². The van der Waals surface area contributed by atoms with E-state index in [0.29, 0.717) is 25.2 Å². The summed E-state index contributed by atoms with van der Waals surface area (Å²) in [7, 11) is 1.82. The number of hydrogen-bond acceptors (Lipinski definition) is 4. The Balaban J connectivity index is 1.48. The number of alkyl halides is 3. The quantitative estimate of drug-likeness (QED) is 0.593. The van der Waals surface area contributed by atoms with Crippen LogP contribution in [0.3, 0.4) is 0 Å². The van der Waals surface area contributed by atoms with Crippen molar-refractivity contribution in [2.75, 3.05) is 0 Å². The summed E-state index contributed by atoms with van der Waals surface area (Å²) in [4.78, 5) is 19.4. The van der Waals surface area contributed by atoms with E-state index in [0.717, 1.165) is 34.6 Å². The van der Waals surface area contributed by atoms with Crippen molar-refractivity contribution in [2.45, 2.75) is 45.7 Å². The highest BCUT2D eigenvalue weighted by atomic mass is 19.4. The van der Waals surface area contributed by atoms with Crippen LogP contribution in [-0.4, -0.2) is 25.6 Å². The number of carbonyl (C=O) groups is 1. The Hall–Kier alpha value is -3.20. The fourth-order valence-electron chi connectivity index (χ4n) is 4.28. The Morgan fingerprint density at radius 3 is 2.55 bits per heavy atom. The van der Waals surface area contributed by atoms with E-state index < -0.39 is 11.7 Å². The number of fused-ring (bicyclic) bond motifs is 1. The first-order valence-corrected chi connectivity index (χ1v) is 10.8. The van der Waals surface area contributed by atoms with Gasteiger partial charge in [-0.3, -0.25) is 19.4 Å². The molecular weight excluding hydrogens is 431 g/mol. The molecule has 33 heavy (non-hydrogen) atoms. The van der Waals surface area contributed by atoms with E-state index in [1.807, 2.05) is 25.4 Å². The molecule has 3 heterocycles. The first-order chi connectivity index (χ1) is 15.6. The largest absolute Gasteiger partial charge is 0.416 e. The molecule has 1 unspecified atom stereocenters. The Morgan fingerprint density at radius 2 is 1.94 bits per heavy atom. The predicted octanol–water partition coefficient (Wildman–Crippen LogP) is 4.48. The lowest BCUT2D eigenvalue weighted by atomic mass is 9.99. The highest BCUT2D eigenvalue weighted by Crippen LogP contribution is 2.39. The second-order valence-corrected chi connectivity index (χ2v) is 8.72. The van der Waals surface area contributed by atoms with Crippen LogP contribution in [0.5, 0.6) is 0 Å². The average molecular weight is 458 g/mol. The van der Waals surface area contributed by atoms with Gasteiger partial charge in [-0.1, -0.05) is 26.0 Å². The fourth-order valence-corrected chi connectivity index (χ4v) is 4.28. The number of carbonyl (C=O) groups excluding carboxylic acids is 1. The SMILES string of the molecule is CC(C)C1c2ncc(C(=O)NCc3ccn(C)n3)cc2CN1Cc1ccc(C(F)(F)F)cc1. The second-order valence-electron chi connectivity index (χ2n) is 8.72. The average Bonchev–Trinajstić information content (AvgIpc) is 3.33. The molecule has 2 aromatic heterocycles. The number of aromatic nitrogens is 3. The molecule has 6 nitrogen and oxygen atoms in total. The number of rotatable bonds is 6. The number of halogens is 3. The van der Waals surface area contributed by atoms with Crippen LogP contribution in [0, 0.1) is 5.92 Å². The molecule has 0 bridgehead atoms. The molecule has 4 rings (SSSR count). The molecule has 0 fully saturated rings. The van der Waals surface area contributed by atoms with Crippen molar-refractivity contribution in [2.24, 2.45) is 13.0 Å². The maximum absolute atomic E-state index is 12.9. The van der Waals surface area contributed by atoms with Crippen LogP contribution in [0.25, 0.3) is 0 Å². The van der Waals surface area contributed by atoms with Crippen molar-refractivity contribution in [3.05, 3.63) is 82.4 Å². The van der Waals surface area contributed by atoms with Gasteiger partial charge in [-0.25, -0.2) is 0 Å². The van der Waals surface area contributed by atoms with Gasteiger partial charge in [0, 0.05) is 32.5 Å². The van der Waals surface area contributed by atoms with Crippen LogP contribution in [0.1, 0.15) is 58.3 Å². The van der Waals surface area contributed by atoms with E-state index in [-0.39, 0.29) is 17.9 Å². The van der Waals surface area contributed by atoms with Crippen molar-refractivity contribution < 1.29 is 18.0 Å². The zero-order chi connectivity index (χ0) is 23.8. The Kier molecular flexibility index (Phi) is 6.25. The van der Waals surface area contributed by atoms with Gasteiger partial charge in [-0.2, -0.15) is 18.3 Å². The molecular formula is C24H26F3N5O. The molecule has 1 amide bonds. The van der Waals surface area contributed by atoms with Gasteiger partial charge in [0.1, 0.15) is 0 Å². The Morgan fingerprint density at radius 1 is 1.21 bits per heavy atom. The van der Waals surface area contributed by atoms with Crippen LogP contribution in [-0.2, 0) is 32.9 Å². The summed E-state index contributed by atoms with van der Waals surface area (Å²) >= 11 is 0. The van der Waals surface area contributed by atoms with E-state index in [1.54, 1.807) is 10.9 Å². The van der Waals surface area contributed by atoms with Gasteiger partial charge in [0.05, 0.1) is 35.1 Å². The molecule has 0 spiro atoms. The van der Waals surface area contributed by atoms with E-state index in [4.69, 9.17) is 0 Å². The summed E-state index contributed by atoms with van der Waals surface area (Å²) in [6, 6.07) is 9.00. The van der Waals surface area contributed by atoms with E-state index in [1.165, 1.54) is 12.1 Å². The van der Waals surface area contributed by atoms with Crippen LogP contribution in [0.4, 0.5) is 13.2 Å². The van der Waals surface area contributed by atoms with Gasteiger partial charge in [-0.05, 0) is 41.3 Å². The summed E-state index contributed by atoms with van der Waals surface area (Å²) in [6.07, 6.45) is -0.945. The predicted molar refractivity (Wildman–Crippen MR) is 117 cm³/mol. The maximum Gasteiger partial charge on any atom is 0.416 e. The molecule has 174 valence electrons. The van der Waals surface area contributed by atoms with Crippen molar-refractivity contribution in [1.82, 2.24) is 25.0 Å². The number of nitrogens with one attached hydrogen (secondary N) is 1. The minimum absolute atomic E-state index is 0.0212. The molecule has 0 saturated carbocycles. The third kappa shape index (κ3) is 5.08. The summed E-state index contributed by atoms with van der Waals surface area (Å²) in [6.45, 7) is 5.58. The lowest BCUT2D eigenvalue weighted by Gasteiger charge is -2.27. The molecule has 0 radical (unpaired) electrons. The lowest BCUT2D eigenvalue weighted by Crippen LogP contribution is -2.25. The van der Waals surface area contributed by atoms with Crippen molar-refractivity contribution in [1.29, 1.82) is 0 Å². The molecule has 3 aromatic rings. The van der Waals surface area contributed by atoms with Gasteiger partial charge in [0.2, 0.25) is 0 Å². The van der Waals surface area contributed by atoms with E-state index in [2.05, 4.69) is 34.1 Å². The van der Waals surface area contributed by atoms with Crippen LogP contribution >= 0.6 is 0 Å². The zero-order valence-corrected chi connectivity index (χ0v) is 18.7. The number of pyridine rings is 1. The summed E-state index contributed by atoms with van der Waals surface area (Å²) in [5.74, 6) is 0.0234. The first kappa shape index (κ1) is 23.0. The zero-order valence-electron chi connectivity index (χ0n) is 18.7. The van der Waals surface area contributed by atoms with Crippen LogP contribution in [0.2, 0.25) is 0 Å². The molecule has 0 aliphatic carbocycles. The molecule has 9 heteroatoms. The minimum atomic E-state index is -4.35. The third-order valence-corrected chi connectivity index (χ3v) is 5.81. The molecule has 1 N–H and O–H groups in total. The number of nitrogens with zero attached hydrogens (tertiary/aromatic N) is 4. The standard InChI is InChI=1S/C24H26F3N5O/c1-15(2)22-21-18(14-32(22)13-16-4-6-19(7-5-16)24(25,26)27)10-17(11-28-21)23(33)29-12-20-8-9-31(3)30-20/h4-11,15,22H,12-14H2,1-3H3,(H,29,33). The topological polar surface area (TPSA) is 63.1 Å². The number of amides is 1. The first-order valence-electron chi connectivity index (χ1n) is 10.8. The van der Waals surface area contributed by atoms with Gasteiger partial charge < -0.3 is 5.32 Å². The highest BCUT2D eigenvalue weighted by Gasteiger charge is 2.35. The molecule has 1 aromatic carbocycles. The Bertz CT molecular complexity index is 1140. The van der Waals surface area contributed by atoms with E-state index >= 15 is 0 Å². The molecule has 1 aliphatic heterocycles. The highest BCUT2D eigenvalue weighted by molar-refractivity contribution is 5.94. The lowest BCUT2D eigenvalue weighted by molar-refractivity contribution is -0.137. The molecule has 1 atom stereocenters. The number of aryl methyl sites for hydroxylation is 1. The van der Waals surface area contributed by atoms with E-state index in [9.17, 15) is 18.0 Å². The third-order valence-electron chi connectivity index (χ3n) is 5.81. The number of hydrogen-bond donors (Lipinski definition) is 1. The van der Waals surface area contributed by atoms with Crippen molar-refractivity contribution >= 4 is 5.91 Å². The fraction of sp³-hybridized carbons (Fsp3) is 0.375. The van der Waals surface area contributed by atoms with Crippen LogP contribution in [0.15, 0.2) is 48.8 Å². The molecule has 0 saturated heterocycles. The normalized spacial score (nSPS) is 16.3. The van der Waals surface area contributed by atoms with Gasteiger partial charge >= 0.3 is 6.18 Å². The molecule has 1 aliphatic rings.